The molecule has 19 heavy (non-hydrogen) atoms. The number of hydrogen-bond donors (Lipinski definition) is 1. The Bertz CT molecular complexity index is 512. The number of amides is 1. The number of nitrogens with one attached hydrogen (secondary N) is 1. The molecule has 1 rings (SSSR count). The fourth-order valence-corrected chi connectivity index (χ4v) is 2.25. The van der Waals surface area contributed by atoms with Crippen molar-refractivity contribution >= 4 is 15.7 Å². The molecular formula is C13H20N2O3S. The summed E-state index contributed by atoms with van der Waals surface area (Å²) in [6.07, 6.45) is 1.15. The van der Waals surface area contributed by atoms with E-state index in [2.05, 4.69) is 5.32 Å². The largest absolute Gasteiger partial charge is 0.353 e. The molecule has 1 amide bonds. The third-order valence-corrected chi connectivity index (χ3v) is 3.60. The Labute approximate surface area is 114 Å². The summed E-state index contributed by atoms with van der Waals surface area (Å²) in [6.45, 7) is 0.134. The van der Waals surface area contributed by atoms with Crippen molar-refractivity contribution in [3.63, 3.8) is 0 Å². The Kier molecular flexibility index (Phi) is 5.50. The molecule has 6 heteroatoms. The van der Waals surface area contributed by atoms with Gasteiger partial charge >= 0.3 is 0 Å². The summed E-state index contributed by atoms with van der Waals surface area (Å²) >= 11 is 0. The first kappa shape index (κ1) is 15.7. The van der Waals surface area contributed by atoms with Gasteiger partial charge in [0.2, 0.25) is 5.91 Å². The monoisotopic (exact) mass is 284 g/mol. The fraction of sp³-hybridized carbons (Fsp3) is 0.462. The Morgan fingerprint density at radius 2 is 1.84 bits per heavy atom. The van der Waals surface area contributed by atoms with Gasteiger partial charge in [0, 0.05) is 12.8 Å². The SMILES string of the molecule is CN(C)C(C(=O)NCCS(C)(=O)=O)c1ccccc1. The van der Waals surface area contributed by atoms with Crippen molar-refractivity contribution in [1.82, 2.24) is 10.2 Å². The Hall–Kier alpha value is -1.40. The van der Waals surface area contributed by atoms with Crippen LogP contribution in [0.5, 0.6) is 0 Å². The zero-order chi connectivity index (χ0) is 14.5. The second kappa shape index (κ2) is 6.68. The predicted molar refractivity (Wildman–Crippen MR) is 75.6 cm³/mol. The van der Waals surface area contributed by atoms with Crippen LogP contribution in [0, 0.1) is 0 Å². The van der Waals surface area contributed by atoms with Gasteiger partial charge in [-0.1, -0.05) is 30.3 Å². The molecule has 0 fully saturated rings. The lowest BCUT2D eigenvalue weighted by Gasteiger charge is -2.23. The number of nitrogens with zero attached hydrogens (tertiary/aromatic N) is 1. The minimum atomic E-state index is -3.06. The molecule has 0 radical (unpaired) electrons. The molecule has 106 valence electrons. The van der Waals surface area contributed by atoms with Crippen molar-refractivity contribution < 1.29 is 13.2 Å². The highest BCUT2D eigenvalue weighted by Crippen LogP contribution is 2.17. The maximum absolute atomic E-state index is 12.1. The quantitative estimate of drug-likeness (QED) is 0.823. The molecule has 0 aliphatic heterocycles. The van der Waals surface area contributed by atoms with Crippen LogP contribution < -0.4 is 5.32 Å². The molecule has 5 nitrogen and oxygen atoms in total. The van der Waals surface area contributed by atoms with E-state index < -0.39 is 15.9 Å². The number of carbonyl (C=O) groups is 1. The minimum absolute atomic E-state index is 0.0479. The molecule has 0 saturated heterocycles. The van der Waals surface area contributed by atoms with Gasteiger partial charge in [0.05, 0.1) is 5.75 Å². The van der Waals surface area contributed by atoms with E-state index >= 15 is 0 Å². The van der Waals surface area contributed by atoms with E-state index in [0.717, 1.165) is 11.8 Å². The van der Waals surface area contributed by atoms with Crippen molar-refractivity contribution in [3.05, 3.63) is 35.9 Å². The van der Waals surface area contributed by atoms with Crippen LogP contribution in [0.4, 0.5) is 0 Å². The highest BCUT2D eigenvalue weighted by atomic mass is 32.2. The van der Waals surface area contributed by atoms with Crippen molar-refractivity contribution in [2.75, 3.05) is 32.6 Å². The molecule has 0 bridgehead atoms. The molecule has 1 aromatic carbocycles. The minimum Gasteiger partial charge on any atom is -0.353 e. The van der Waals surface area contributed by atoms with Crippen LogP contribution in [0.3, 0.4) is 0 Å². The number of benzene rings is 1. The van der Waals surface area contributed by atoms with Gasteiger partial charge in [-0.3, -0.25) is 9.69 Å². The van der Waals surface area contributed by atoms with Crippen molar-refractivity contribution in [2.24, 2.45) is 0 Å². The van der Waals surface area contributed by atoms with E-state index in [0.29, 0.717) is 0 Å². The van der Waals surface area contributed by atoms with E-state index in [1.807, 2.05) is 44.4 Å². The van der Waals surface area contributed by atoms with Gasteiger partial charge in [0.15, 0.2) is 0 Å². The predicted octanol–water partition coefficient (Wildman–Crippen LogP) is 0.450. The summed E-state index contributed by atoms with van der Waals surface area (Å²) in [6, 6.07) is 8.96. The van der Waals surface area contributed by atoms with Gasteiger partial charge in [-0.2, -0.15) is 0 Å². The summed E-state index contributed by atoms with van der Waals surface area (Å²) in [4.78, 5) is 13.9. The molecule has 0 saturated carbocycles. The average molecular weight is 284 g/mol. The second-order valence-corrected chi connectivity index (χ2v) is 6.96. The third kappa shape index (κ3) is 5.40. The standard InChI is InChI=1S/C13H20N2O3S/c1-15(2)12(11-7-5-4-6-8-11)13(16)14-9-10-19(3,17)18/h4-8,12H,9-10H2,1-3H3,(H,14,16). The van der Waals surface area contributed by atoms with E-state index in [-0.39, 0.29) is 18.2 Å². The number of hydrogen-bond acceptors (Lipinski definition) is 4. The molecule has 1 atom stereocenters. The lowest BCUT2D eigenvalue weighted by molar-refractivity contribution is -0.125. The number of rotatable bonds is 6. The maximum Gasteiger partial charge on any atom is 0.241 e. The molecule has 1 N–H and O–H groups in total. The Morgan fingerprint density at radius 1 is 1.26 bits per heavy atom. The number of sulfone groups is 1. The second-order valence-electron chi connectivity index (χ2n) is 4.70. The van der Waals surface area contributed by atoms with Crippen LogP contribution in [0.25, 0.3) is 0 Å². The first-order valence-electron chi connectivity index (χ1n) is 5.98. The van der Waals surface area contributed by atoms with Crippen molar-refractivity contribution in [2.45, 2.75) is 6.04 Å². The Morgan fingerprint density at radius 3 is 2.32 bits per heavy atom. The normalized spacial score (nSPS) is 13.3. The lowest BCUT2D eigenvalue weighted by atomic mass is 10.1. The average Bonchev–Trinajstić information content (AvgIpc) is 2.28. The van der Waals surface area contributed by atoms with Crippen LogP contribution in [0.2, 0.25) is 0 Å². The molecular weight excluding hydrogens is 264 g/mol. The summed E-state index contributed by atoms with van der Waals surface area (Å²) in [5, 5.41) is 2.66. The van der Waals surface area contributed by atoms with E-state index in [9.17, 15) is 13.2 Å². The highest BCUT2D eigenvalue weighted by Gasteiger charge is 2.22. The molecule has 1 unspecified atom stereocenters. The summed E-state index contributed by atoms with van der Waals surface area (Å²) < 4.78 is 22.0. The van der Waals surface area contributed by atoms with Gasteiger partial charge < -0.3 is 5.32 Å². The highest BCUT2D eigenvalue weighted by molar-refractivity contribution is 7.90. The lowest BCUT2D eigenvalue weighted by Crippen LogP contribution is -2.38. The maximum atomic E-state index is 12.1. The van der Waals surface area contributed by atoms with Crippen LogP contribution in [-0.4, -0.2) is 51.9 Å². The topological polar surface area (TPSA) is 66.5 Å². The van der Waals surface area contributed by atoms with Crippen LogP contribution in [0.15, 0.2) is 30.3 Å². The first-order chi connectivity index (χ1) is 8.81. The molecule has 1 aromatic rings. The van der Waals surface area contributed by atoms with Crippen LogP contribution in [-0.2, 0) is 14.6 Å². The van der Waals surface area contributed by atoms with Gasteiger partial charge in [-0.25, -0.2) is 8.42 Å². The van der Waals surface area contributed by atoms with Gasteiger partial charge in [-0.05, 0) is 19.7 Å². The molecule has 0 heterocycles. The number of likely N-dealkylation sites (N-methyl/N-ethyl adjacent to an activating group) is 1. The summed E-state index contributed by atoms with van der Waals surface area (Å²) in [5.41, 5.74) is 0.879. The van der Waals surface area contributed by atoms with Crippen molar-refractivity contribution in [1.29, 1.82) is 0 Å². The van der Waals surface area contributed by atoms with E-state index in [1.165, 1.54) is 0 Å². The molecule has 0 aromatic heterocycles. The molecule has 0 aliphatic rings. The first-order valence-corrected chi connectivity index (χ1v) is 8.04. The number of carbonyl (C=O) groups excluding carboxylic acids is 1. The molecule has 0 aliphatic carbocycles. The van der Waals surface area contributed by atoms with E-state index in [1.54, 1.807) is 4.90 Å². The summed E-state index contributed by atoms with van der Waals surface area (Å²) in [7, 11) is 0.568. The van der Waals surface area contributed by atoms with Crippen molar-refractivity contribution in [3.8, 4) is 0 Å². The zero-order valence-electron chi connectivity index (χ0n) is 11.5. The third-order valence-electron chi connectivity index (χ3n) is 2.65. The smallest absolute Gasteiger partial charge is 0.241 e. The molecule has 0 spiro atoms. The van der Waals surface area contributed by atoms with Gasteiger partial charge in [0.1, 0.15) is 15.9 Å². The van der Waals surface area contributed by atoms with Gasteiger partial charge in [-0.15, -0.1) is 0 Å². The fourth-order valence-electron chi connectivity index (χ4n) is 1.78. The zero-order valence-corrected chi connectivity index (χ0v) is 12.3. The van der Waals surface area contributed by atoms with Crippen LogP contribution >= 0.6 is 0 Å². The van der Waals surface area contributed by atoms with Gasteiger partial charge in [0.25, 0.3) is 0 Å². The Balaban J connectivity index is 2.70. The summed E-state index contributed by atoms with van der Waals surface area (Å²) in [5.74, 6) is -0.243. The van der Waals surface area contributed by atoms with Crippen LogP contribution in [0.1, 0.15) is 11.6 Å². The van der Waals surface area contributed by atoms with E-state index in [4.69, 9.17) is 0 Å².